The third kappa shape index (κ3) is 5.37. The van der Waals surface area contributed by atoms with Crippen molar-refractivity contribution in [2.45, 2.75) is 0 Å². The Morgan fingerprint density at radius 2 is 1.62 bits per heavy atom. The first kappa shape index (κ1) is 25.6. The van der Waals surface area contributed by atoms with Crippen molar-refractivity contribution in [2.75, 3.05) is 21.3 Å². The molecular formula is C25H20NNaO6S. The van der Waals surface area contributed by atoms with Gasteiger partial charge in [0.05, 0.1) is 32.2 Å². The third-order valence-corrected chi connectivity index (χ3v) is 6.00. The van der Waals surface area contributed by atoms with Gasteiger partial charge in [-0.25, -0.2) is 0 Å². The van der Waals surface area contributed by atoms with Crippen LogP contribution in [0.3, 0.4) is 0 Å². The fraction of sp³-hybridized carbons (Fsp3) is 0.120. The molecule has 4 aromatic rings. The van der Waals surface area contributed by atoms with E-state index < -0.39 is 5.97 Å². The Morgan fingerprint density at radius 1 is 0.941 bits per heavy atom. The van der Waals surface area contributed by atoms with Crippen molar-refractivity contribution < 1.29 is 58.4 Å². The molecule has 168 valence electrons. The molecule has 0 spiro atoms. The molecule has 0 saturated carbocycles. The summed E-state index contributed by atoms with van der Waals surface area (Å²) >= 11 is 1.37. The summed E-state index contributed by atoms with van der Waals surface area (Å²) in [6, 6.07) is 14.0. The summed E-state index contributed by atoms with van der Waals surface area (Å²) in [5, 5.41) is 12.7. The van der Waals surface area contributed by atoms with Crippen LogP contribution in [0.5, 0.6) is 28.7 Å². The van der Waals surface area contributed by atoms with Gasteiger partial charge in [0, 0.05) is 40.2 Å². The maximum atomic E-state index is 12.0. The number of benzene rings is 2. The summed E-state index contributed by atoms with van der Waals surface area (Å²) in [5.74, 6) is 1.44. The first-order chi connectivity index (χ1) is 16.0. The van der Waals surface area contributed by atoms with Gasteiger partial charge < -0.3 is 28.8 Å². The summed E-state index contributed by atoms with van der Waals surface area (Å²) in [6.45, 7) is 0. The predicted octanol–water partition coefficient (Wildman–Crippen LogP) is 1.41. The first-order valence-corrected chi connectivity index (χ1v) is 10.7. The summed E-state index contributed by atoms with van der Waals surface area (Å²) < 4.78 is 23.3. The van der Waals surface area contributed by atoms with Crippen molar-refractivity contribution in [3.05, 3.63) is 71.4 Å². The van der Waals surface area contributed by atoms with Gasteiger partial charge in [-0.2, -0.15) is 0 Å². The summed E-state index contributed by atoms with van der Waals surface area (Å²) in [7, 11) is 4.69. The molecule has 2 aromatic carbocycles. The number of hydrogen-bond acceptors (Lipinski definition) is 8. The number of ether oxygens (including phenoxy) is 4. The molecule has 0 unspecified atom stereocenters. The summed E-state index contributed by atoms with van der Waals surface area (Å²) in [6.07, 6.45) is 4.60. The predicted molar refractivity (Wildman–Crippen MR) is 125 cm³/mol. The second-order valence-corrected chi connectivity index (χ2v) is 7.94. The van der Waals surface area contributed by atoms with Crippen molar-refractivity contribution in [2.24, 2.45) is 0 Å². The third-order valence-electron chi connectivity index (χ3n) is 4.92. The van der Waals surface area contributed by atoms with Gasteiger partial charge in [0.25, 0.3) is 0 Å². The minimum atomic E-state index is -1.30. The van der Waals surface area contributed by atoms with E-state index in [0.29, 0.717) is 39.2 Å². The van der Waals surface area contributed by atoms with E-state index in [9.17, 15) is 9.90 Å². The van der Waals surface area contributed by atoms with Crippen LogP contribution in [-0.2, 0) is 4.79 Å². The maximum absolute atomic E-state index is 12.0. The fourth-order valence-corrected chi connectivity index (χ4v) is 4.41. The van der Waals surface area contributed by atoms with E-state index in [1.807, 2.05) is 24.3 Å². The average molecular weight is 485 g/mol. The molecule has 2 heterocycles. The number of methoxy groups -OCH3 is 3. The Bertz CT molecular complexity index is 1340. The normalized spacial score (nSPS) is 11.0. The van der Waals surface area contributed by atoms with Gasteiger partial charge >= 0.3 is 29.6 Å². The van der Waals surface area contributed by atoms with E-state index in [1.54, 1.807) is 51.7 Å². The molecule has 0 aliphatic heterocycles. The van der Waals surface area contributed by atoms with Crippen LogP contribution in [-0.4, -0.2) is 32.3 Å². The zero-order chi connectivity index (χ0) is 23.4. The average Bonchev–Trinajstić information content (AvgIpc) is 3.17. The number of aromatic nitrogens is 1. The Labute approximate surface area is 222 Å². The van der Waals surface area contributed by atoms with Crippen LogP contribution in [0.25, 0.3) is 21.7 Å². The number of carboxylic acid groups (broad SMARTS) is 1. The molecule has 0 N–H and O–H groups in total. The van der Waals surface area contributed by atoms with Crippen LogP contribution in [0.4, 0.5) is 0 Å². The van der Waals surface area contributed by atoms with Crippen molar-refractivity contribution in [1.29, 1.82) is 0 Å². The fourth-order valence-electron chi connectivity index (χ4n) is 3.33. The van der Waals surface area contributed by atoms with Crippen molar-refractivity contribution in [3.8, 4) is 28.7 Å². The van der Waals surface area contributed by atoms with Crippen LogP contribution in [0.1, 0.15) is 10.4 Å². The minimum Gasteiger partial charge on any atom is -0.545 e. The molecule has 2 aromatic heterocycles. The molecule has 4 rings (SSSR count). The van der Waals surface area contributed by atoms with Crippen molar-refractivity contribution >= 4 is 39.0 Å². The number of carbonyl (C=O) groups is 1. The van der Waals surface area contributed by atoms with Gasteiger partial charge in [-0.15, -0.1) is 11.3 Å². The van der Waals surface area contributed by atoms with Crippen LogP contribution in [0, 0.1) is 0 Å². The van der Waals surface area contributed by atoms with E-state index in [2.05, 4.69) is 4.98 Å². The minimum absolute atomic E-state index is 0. The molecule has 0 bridgehead atoms. The van der Waals surface area contributed by atoms with Crippen molar-refractivity contribution in [1.82, 2.24) is 4.98 Å². The standard InChI is InChI=1S/C25H21NO6S.Na/c1-29-16-5-4-6-17(11-16)32-24-19-12-20(30-2)21(31-3)14-22(19)33-23(24)13-18(25(27)28)15-7-9-26-10-8-15;/h4-14H,1-3H3,(H,27,28);/q;+1/p-1/b18-13+;. The number of rotatable bonds is 8. The summed E-state index contributed by atoms with van der Waals surface area (Å²) in [5.41, 5.74) is 0.489. The second kappa shape index (κ2) is 11.4. The van der Waals surface area contributed by atoms with E-state index in [4.69, 9.17) is 18.9 Å². The van der Waals surface area contributed by atoms with Crippen molar-refractivity contribution in [3.63, 3.8) is 0 Å². The number of fused-ring (bicyclic) bond motifs is 1. The number of nitrogens with zero attached hydrogens (tertiary/aromatic N) is 1. The number of thiophene rings is 1. The largest absolute Gasteiger partial charge is 1.00 e. The smallest absolute Gasteiger partial charge is 0.545 e. The monoisotopic (exact) mass is 485 g/mol. The van der Waals surface area contributed by atoms with E-state index >= 15 is 0 Å². The Kier molecular flexibility index (Phi) is 8.57. The van der Waals surface area contributed by atoms with Gasteiger partial charge in [-0.3, -0.25) is 4.98 Å². The van der Waals surface area contributed by atoms with Gasteiger partial charge in [0.2, 0.25) is 0 Å². The quantitative estimate of drug-likeness (QED) is 0.275. The van der Waals surface area contributed by atoms with E-state index in [0.717, 1.165) is 10.1 Å². The topological polar surface area (TPSA) is 89.9 Å². The Hall–Kier alpha value is -3.04. The molecule has 9 heteroatoms. The molecule has 0 aliphatic carbocycles. The number of carbonyl (C=O) groups excluding carboxylic acids is 1. The Morgan fingerprint density at radius 3 is 2.26 bits per heavy atom. The molecule has 0 amide bonds. The molecule has 0 saturated heterocycles. The first-order valence-electron chi connectivity index (χ1n) is 9.88. The molecule has 0 aliphatic rings. The summed E-state index contributed by atoms with van der Waals surface area (Å²) in [4.78, 5) is 16.5. The molecule has 7 nitrogen and oxygen atoms in total. The second-order valence-electron chi connectivity index (χ2n) is 6.86. The van der Waals surface area contributed by atoms with E-state index in [1.165, 1.54) is 23.7 Å². The Balaban J connectivity index is 0.00000324. The van der Waals surface area contributed by atoms with Gasteiger partial charge in [0.15, 0.2) is 17.2 Å². The van der Waals surface area contributed by atoms with Crippen LogP contribution in [0.15, 0.2) is 60.9 Å². The molecular weight excluding hydrogens is 465 g/mol. The zero-order valence-electron chi connectivity index (χ0n) is 19.2. The van der Waals surface area contributed by atoms with Crippen LogP contribution < -0.4 is 53.6 Å². The molecule has 0 atom stereocenters. The SMILES string of the molecule is COc1cccc(Oc2c(/C=C(/C(=O)[O-])c3ccncc3)sc3cc(OC)c(OC)cc23)c1.[Na+]. The van der Waals surface area contributed by atoms with Gasteiger partial charge in [-0.1, -0.05) is 6.07 Å². The number of aliphatic carboxylic acids is 1. The van der Waals surface area contributed by atoms with Crippen LogP contribution in [0.2, 0.25) is 0 Å². The molecule has 0 fully saturated rings. The number of pyridine rings is 1. The van der Waals surface area contributed by atoms with Gasteiger partial charge in [0.1, 0.15) is 11.5 Å². The zero-order valence-corrected chi connectivity index (χ0v) is 22.0. The van der Waals surface area contributed by atoms with Crippen LogP contribution >= 0.6 is 11.3 Å². The molecule has 34 heavy (non-hydrogen) atoms. The van der Waals surface area contributed by atoms with E-state index in [-0.39, 0.29) is 35.1 Å². The number of carboxylic acids is 1. The van der Waals surface area contributed by atoms with Gasteiger partial charge in [-0.05, 0) is 42.0 Å². The number of hydrogen-bond donors (Lipinski definition) is 0. The molecule has 0 radical (unpaired) electrons. The maximum Gasteiger partial charge on any atom is 1.00 e.